The number of carbonyl (C=O) groups excluding carboxylic acids is 1. The molecule has 0 unspecified atom stereocenters. The molecule has 2 aromatic rings. The Bertz CT molecular complexity index is 622. The van der Waals surface area contributed by atoms with Gasteiger partial charge in [0.2, 0.25) is 0 Å². The van der Waals surface area contributed by atoms with Crippen molar-refractivity contribution in [3.8, 4) is 0 Å². The molecule has 4 heteroatoms. The first-order valence-electron chi connectivity index (χ1n) is 5.61. The van der Waals surface area contributed by atoms with E-state index in [9.17, 15) is 4.79 Å². The first-order chi connectivity index (χ1) is 8.66. The first-order valence-corrected chi connectivity index (χ1v) is 6.41. The van der Waals surface area contributed by atoms with E-state index in [2.05, 4.69) is 15.9 Å². The number of benzene rings is 2. The molecule has 2 N–H and O–H groups in total. The fraction of sp³-hybridized carbons (Fsp3) is 0.0714. The molecule has 1 heterocycles. The molecular formula is C14H11BrN2O. The van der Waals surface area contributed by atoms with Gasteiger partial charge in [-0.1, -0.05) is 22.0 Å². The van der Waals surface area contributed by atoms with Gasteiger partial charge in [-0.3, -0.25) is 4.79 Å². The van der Waals surface area contributed by atoms with Crippen molar-refractivity contribution in [3.05, 3.63) is 58.1 Å². The number of amides is 1. The Hall–Kier alpha value is -1.81. The van der Waals surface area contributed by atoms with Gasteiger partial charge < -0.3 is 10.6 Å². The van der Waals surface area contributed by atoms with Gasteiger partial charge in [0.05, 0.1) is 6.54 Å². The summed E-state index contributed by atoms with van der Waals surface area (Å²) in [5.74, 6) is 0.0135. The van der Waals surface area contributed by atoms with Crippen LogP contribution in [-0.4, -0.2) is 5.91 Å². The number of carbonyl (C=O) groups is 1. The van der Waals surface area contributed by atoms with E-state index in [0.717, 1.165) is 15.7 Å². The Kier molecular flexibility index (Phi) is 2.59. The molecule has 0 spiro atoms. The summed E-state index contributed by atoms with van der Waals surface area (Å²) in [4.78, 5) is 14.0. The highest BCUT2D eigenvalue weighted by atomic mass is 79.9. The lowest BCUT2D eigenvalue weighted by Crippen LogP contribution is -2.22. The summed E-state index contributed by atoms with van der Waals surface area (Å²) < 4.78 is 0.995. The van der Waals surface area contributed by atoms with Crippen molar-refractivity contribution in [2.45, 2.75) is 6.54 Å². The predicted octanol–water partition coefficient (Wildman–Crippen LogP) is 3.19. The molecule has 3 rings (SSSR count). The highest BCUT2D eigenvalue weighted by Crippen LogP contribution is 2.31. The summed E-state index contributed by atoms with van der Waals surface area (Å²) >= 11 is 3.39. The maximum absolute atomic E-state index is 12.3. The van der Waals surface area contributed by atoms with Crippen LogP contribution >= 0.6 is 15.9 Å². The maximum Gasteiger partial charge on any atom is 0.259 e. The van der Waals surface area contributed by atoms with Crippen LogP contribution in [0.4, 0.5) is 11.4 Å². The number of nitrogens with two attached hydrogens (primary N) is 1. The Morgan fingerprint density at radius 1 is 1.11 bits per heavy atom. The number of hydrogen-bond donors (Lipinski definition) is 1. The summed E-state index contributed by atoms with van der Waals surface area (Å²) in [5.41, 5.74) is 9.11. The smallest absolute Gasteiger partial charge is 0.259 e. The first kappa shape index (κ1) is 11.3. The molecule has 0 bridgehead atoms. The van der Waals surface area contributed by atoms with Gasteiger partial charge in [0.1, 0.15) is 0 Å². The fourth-order valence-electron chi connectivity index (χ4n) is 2.19. The van der Waals surface area contributed by atoms with Crippen LogP contribution in [0.3, 0.4) is 0 Å². The second-order valence-corrected chi connectivity index (χ2v) is 5.16. The Morgan fingerprint density at radius 3 is 2.50 bits per heavy atom. The molecule has 0 atom stereocenters. The van der Waals surface area contributed by atoms with Gasteiger partial charge in [0.15, 0.2) is 0 Å². The molecule has 0 saturated heterocycles. The number of nitrogens with zero attached hydrogens (tertiary/aromatic N) is 1. The minimum absolute atomic E-state index is 0.0135. The largest absolute Gasteiger partial charge is 0.398 e. The van der Waals surface area contributed by atoms with Crippen LogP contribution in [-0.2, 0) is 6.54 Å². The number of anilines is 2. The summed E-state index contributed by atoms with van der Waals surface area (Å²) in [6.07, 6.45) is 0. The average Bonchev–Trinajstić information content (AvgIpc) is 2.70. The van der Waals surface area contributed by atoms with Gasteiger partial charge in [-0.25, -0.2) is 0 Å². The van der Waals surface area contributed by atoms with Gasteiger partial charge in [0, 0.05) is 27.0 Å². The van der Waals surface area contributed by atoms with E-state index in [1.165, 1.54) is 0 Å². The summed E-state index contributed by atoms with van der Waals surface area (Å²) in [5, 5.41) is 0. The molecule has 0 fully saturated rings. The Morgan fingerprint density at radius 2 is 1.83 bits per heavy atom. The van der Waals surface area contributed by atoms with Gasteiger partial charge in [0.25, 0.3) is 5.91 Å². The lowest BCUT2D eigenvalue weighted by atomic mass is 10.1. The zero-order valence-electron chi connectivity index (χ0n) is 9.56. The van der Waals surface area contributed by atoms with E-state index in [1.54, 1.807) is 4.90 Å². The van der Waals surface area contributed by atoms with Crippen molar-refractivity contribution >= 4 is 33.2 Å². The quantitative estimate of drug-likeness (QED) is 0.822. The highest BCUT2D eigenvalue weighted by molar-refractivity contribution is 9.10. The van der Waals surface area contributed by atoms with Gasteiger partial charge in [-0.2, -0.15) is 0 Å². The van der Waals surface area contributed by atoms with Crippen LogP contribution in [0.25, 0.3) is 0 Å². The molecule has 0 aliphatic carbocycles. The second kappa shape index (κ2) is 4.14. The van der Waals surface area contributed by atoms with Crippen molar-refractivity contribution < 1.29 is 4.79 Å². The van der Waals surface area contributed by atoms with E-state index < -0.39 is 0 Å². The normalized spacial score (nSPS) is 13.8. The Balaban J connectivity index is 2.02. The van der Waals surface area contributed by atoms with Crippen molar-refractivity contribution in [3.63, 3.8) is 0 Å². The van der Waals surface area contributed by atoms with Crippen LogP contribution in [0.2, 0.25) is 0 Å². The van der Waals surface area contributed by atoms with Gasteiger partial charge in [-0.15, -0.1) is 0 Å². The van der Waals surface area contributed by atoms with Crippen LogP contribution in [0, 0.1) is 0 Å². The van der Waals surface area contributed by atoms with E-state index in [-0.39, 0.29) is 5.91 Å². The molecule has 0 saturated carbocycles. The van der Waals surface area contributed by atoms with Crippen molar-refractivity contribution in [2.24, 2.45) is 0 Å². The van der Waals surface area contributed by atoms with Crippen molar-refractivity contribution in [1.82, 2.24) is 0 Å². The zero-order valence-corrected chi connectivity index (χ0v) is 11.1. The summed E-state index contributed by atoms with van der Waals surface area (Å²) in [6.45, 7) is 0.544. The molecule has 1 aliphatic heterocycles. The summed E-state index contributed by atoms with van der Waals surface area (Å²) in [7, 11) is 0. The topological polar surface area (TPSA) is 46.3 Å². The zero-order chi connectivity index (χ0) is 12.7. The van der Waals surface area contributed by atoms with Crippen LogP contribution in [0.5, 0.6) is 0 Å². The van der Waals surface area contributed by atoms with Crippen molar-refractivity contribution in [2.75, 3.05) is 10.6 Å². The van der Waals surface area contributed by atoms with E-state index in [1.807, 2.05) is 42.5 Å². The SMILES string of the molecule is Nc1cccc2c1CN(c1ccc(Br)cc1)C2=O. The van der Waals surface area contributed by atoms with E-state index in [0.29, 0.717) is 17.8 Å². The number of halogens is 1. The molecular weight excluding hydrogens is 292 g/mol. The molecule has 3 nitrogen and oxygen atoms in total. The molecule has 0 radical (unpaired) electrons. The number of rotatable bonds is 1. The third-order valence-corrected chi connectivity index (χ3v) is 3.67. The van der Waals surface area contributed by atoms with E-state index >= 15 is 0 Å². The second-order valence-electron chi connectivity index (χ2n) is 4.24. The monoisotopic (exact) mass is 302 g/mol. The third-order valence-electron chi connectivity index (χ3n) is 3.14. The lowest BCUT2D eigenvalue weighted by Gasteiger charge is -2.15. The molecule has 1 amide bonds. The van der Waals surface area contributed by atoms with Crippen LogP contribution < -0.4 is 10.6 Å². The van der Waals surface area contributed by atoms with Crippen LogP contribution in [0.15, 0.2) is 46.9 Å². The molecule has 0 aromatic heterocycles. The standard InChI is InChI=1S/C14H11BrN2O/c15-9-4-6-10(7-5-9)17-8-12-11(14(17)18)2-1-3-13(12)16/h1-7H,8,16H2. The maximum atomic E-state index is 12.3. The molecule has 1 aliphatic rings. The highest BCUT2D eigenvalue weighted by Gasteiger charge is 2.29. The number of nitrogen functional groups attached to an aromatic ring is 1. The molecule has 2 aromatic carbocycles. The van der Waals surface area contributed by atoms with Gasteiger partial charge >= 0.3 is 0 Å². The Labute approximate surface area is 113 Å². The summed E-state index contributed by atoms with van der Waals surface area (Å²) in [6, 6.07) is 13.2. The minimum Gasteiger partial charge on any atom is -0.398 e. The molecule has 18 heavy (non-hydrogen) atoms. The van der Waals surface area contributed by atoms with Crippen molar-refractivity contribution in [1.29, 1.82) is 0 Å². The minimum atomic E-state index is 0.0135. The van der Waals surface area contributed by atoms with E-state index in [4.69, 9.17) is 5.73 Å². The number of hydrogen-bond acceptors (Lipinski definition) is 2. The van der Waals surface area contributed by atoms with Crippen LogP contribution in [0.1, 0.15) is 15.9 Å². The number of fused-ring (bicyclic) bond motifs is 1. The lowest BCUT2D eigenvalue weighted by molar-refractivity contribution is 0.0996. The predicted molar refractivity (Wildman–Crippen MR) is 75.5 cm³/mol. The average molecular weight is 303 g/mol. The van der Waals surface area contributed by atoms with Gasteiger partial charge in [-0.05, 0) is 36.4 Å². The molecule has 90 valence electrons. The fourth-order valence-corrected chi connectivity index (χ4v) is 2.45. The third kappa shape index (κ3) is 1.69.